The van der Waals surface area contributed by atoms with Gasteiger partial charge in [0.1, 0.15) is 18.4 Å². The van der Waals surface area contributed by atoms with Crippen molar-refractivity contribution in [3.8, 4) is 17.3 Å². The van der Waals surface area contributed by atoms with Gasteiger partial charge in [-0.25, -0.2) is 4.98 Å². The number of anilines is 2. The molecule has 13 nitrogen and oxygen atoms in total. The van der Waals surface area contributed by atoms with Gasteiger partial charge in [0.15, 0.2) is 17.1 Å². The highest BCUT2D eigenvalue weighted by atomic mass is 16.5. The number of hydrogen-bond acceptors (Lipinski definition) is 10. The fourth-order valence-corrected chi connectivity index (χ4v) is 5.13. The number of amides is 1. The normalized spacial score (nSPS) is 14.7. The van der Waals surface area contributed by atoms with E-state index >= 15 is 0 Å². The van der Waals surface area contributed by atoms with Gasteiger partial charge in [0.25, 0.3) is 0 Å². The van der Waals surface area contributed by atoms with Crippen LogP contribution in [0.25, 0.3) is 28.3 Å². The number of piperazine rings is 1. The molecular weight excluding hydrogens is 526 g/mol. The van der Waals surface area contributed by atoms with E-state index in [0.717, 1.165) is 30.9 Å². The summed E-state index contributed by atoms with van der Waals surface area (Å²) in [7, 11) is 1.65. The van der Waals surface area contributed by atoms with Crippen LogP contribution in [0.15, 0.2) is 53.3 Å². The highest BCUT2D eigenvalue weighted by Crippen LogP contribution is 2.27. The average molecular weight is 560 g/mol. The SMILES string of the molecule is CCC[C@@H](C(=O)N1CCN(c2ccc(OCCOC)cc2)CC1)n1cc2c(nc(N)n3nc(-c4ccco4)nc23)n1. The van der Waals surface area contributed by atoms with E-state index in [0.29, 0.717) is 61.0 Å². The molecule has 1 aliphatic rings. The molecule has 0 bridgehead atoms. The summed E-state index contributed by atoms with van der Waals surface area (Å²) in [5.74, 6) is 1.94. The molecule has 5 heterocycles. The van der Waals surface area contributed by atoms with Gasteiger partial charge in [0.2, 0.25) is 17.7 Å². The minimum Gasteiger partial charge on any atom is -0.491 e. The molecule has 1 saturated heterocycles. The first-order valence-corrected chi connectivity index (χ1v) is 13.8. The van der Waals surface area contributed by atoms with E-state index in [2.05, 4.69) is 44.1 Å². The maximum Gasteiger partial charge on any atom is 0.247 e. The van der Waals surface area contributed by atoms with Crippen LogP contribution in [-0.4, -0.2) is 86.7 Å². The number of aromatic nitrogens is 6. The van der Waals surface area contributed by atoms with Gasteiger partial charge in [-0.2, -0.15) is 14.6 Å². The van der Waals surface area contributed by atoms with E-state index in [1.807, 2.05) is 23.2 Å². The molecule has 0 aliphatic carbocycles. The third-order valence-corrected chi connectivity index (χ3v) is 7.26. The zero-order valence-corrected chi connectivity index (χ0v) is 23.1. The molecule has 0 saturated carbocycles. The fourth-order valence-electron chi connectivity index (χ4n) is 5.13. The third kappa shape index (κ3) is 5.27. The number of carbonyl (C=O) groups excluding carboxylic acids is 1. The number of benzene rings is 1. The molecule has 2 N–H and O–H groups in total. The van der Waals surface area contributed by atoms with Crippen LogP contribution in [-0.2, 0) is 9.53 Å². The molecule has 4 aromatic heterocycles. The van der Waals surface area contributed by atoms with Gasteiger partial charge >= 0.3 is 0 Å². The number of carbonyl (C=O) groups is 1. The van der Waals surface area contributed by atoms with Crippen molar-refractivity contribution in [3.63, 3.8) is 0 Å². The van der Waals surface area contributed by atoms with Crippen molar-refractivity contribution in [2.75, 3.05) is 57.1 Å². The Morgan fingerprint density at radius 1 is 1.07 bits per heavy atom. The molecule has 214 valence electrons. The molecule has 5 aromatic rings. The quantitative estimate of drug-likeness (QED) is 0.254. The highest BCUT2D eigenvalue weighted by Gasteiger charge is 2.30. The van der Waals surface area contributed by atoms with Crippen LogP contribution in [0.5, 0.6) is 5.75 Å². The number of hydrogen-bond donors (Lipinski definition) is 1. The number of ether oxygens (including phenoxy) is 2. The molecule has 0 radical (unpaired) electrons. The highest BCUT2D eigenvalue weighted by molar-refractivity contribution is 5.90. The topological polar surface area (TPSA) is 142 Å². The van der Waals surface area contributed by atoms with Crippen molar-refractivity contribution in [3.05, 3.63) is 48.9 Å². The van der Waals surface area contributed by atoms with E-state index in [-0.39, 0.29) is 11.9 Å². The van der Waals surface area contributed by atoms with Crippen LogP contribution in [0, 0.1) is 0 Å². The molecule has 13 heteroatoms. The minimum absolute atomic E-state index is 0.0444. The standard InChI is InChI=1S/C28H33N9O4/c1-3-5-22(27(38)35-13-11-34(12-14-35)19-7-9-20(10-8-19)40-17-16-39-2)36-18-21-24(32-36)31-28(29)37-26(21)30-25(33-37)23-6-4-15-41-23/h4,6-10,15,18,22H,3,5,11-14,16-17H2,1-2H3,(H2,29,31,32)/t22-/m0/s1. The Bertz CT molecular complexity index is 1620. The van der Waals surface area contributed by atoms with Crippen molar-refractivity contribution >= 4 is 34.2 Å². The Labute approximate surface area is 236 Å². The summed E-state index contributed by atoms with van der Waals surface area (Å²) in [6, 6.07) is 11.1. The predicted octanol–water partition coefficient (Wildman–Crippen LogP) is 3.03. The average Bonchev–Trinajstić information content (AvgIpc) is 3.76. The molecule has 1 fully saturated rings. The summed E-state index contributed by atoms with van der Waals surface area (Å²) >= 11 is 0. The zero-order valence-electron chi connectivity index (χ0n) is 23.1. The van der Waals surface area contributed by atoms with Crippen molar-refractivity contribution in [2.24, 2.45) is 0 Å². The van der Waals surface area contributed by atoms with Gasteiger partial charge < -0.3 is 29.4 Å². The second-order valence-corrected chi connectivity index (χ2v) is 9.92. The Kier molecular flexibility index (Phi) is 7.42. The Morgan fingerprint density at radius 2 is 1.88 bits per heavy atom. The van der Waals surface area contributed by atoms with Crippen LogP contribution in [0.2, 0.25) is 0 Å². The number of nitrogen functional groups attached to an aromatic ring is 1. The van der Waals surface area contributed by atoms with Crippen LogP contribution >= 0.6 is 0 Å². The lowest BCUT2D eigenvalue weighted by Gasteiger charge is -2.37. The molecule has 1 aromatic carbocycles. The van der Waals surface area contributed by atoms with E-state index in [4.69, 9.17) is 19.6 Å². The summed E-state index contributed by atoms with van der Waals surface area (Å²) in [6.45, 7) is 5.85. The van der Waals surface area contributed by atoms with Crippen molar-refractivity contribution in [2.45, 2.75) is 25.8 Å². The van der Waals surface area contributed by atoms with Gasteiger partial charge in [-0.1, -0.05) is 13.3 Å². The van der Waals surface area contributed by atoms with Crippen molar-refractivity contribution in [1.82, 2.24) is 34.3 Å². The molecule has 1 aliphatic heterocycles. The molecule has 41 heavy (non-hydrogen) atoms. The molecular formula is C28H33N9O4. The number of nitrogens with two attached hydrogens (primary N) is 1. The van der Waals surface area contributed by atoms with Crippen LogP contribution < -0.4 is 15.4 Å². The molecule has 1 atom stereocenters. The van der Waals surface area contributed by atoms with Crippen molar-refractivity contribution < 1.29 is 18.7 Å². The second kappa shape index (κ2) is 11.5. The molecule has 1 amide bonds. The zero-order chi connectivity index (χ0) is 28.3. The van der Waals surface area contributed by atoms with Crippen LogP contribution in [0.1, 0.15) is 25.8 Å². The fraction of sp³-hybridized carbons (Fsp3) is 0.393. The van der Waals surface area contributed by atoms with Gasteiger partial charge in [0, 0.05) is 45.2 Å². The first-order chi connectivity index (χ1) is 20.1. The number of nitrogens with zero attached hydrogens (tertiary/aromatic N) is 8. The van der Waals surface area contributed by atoms with Crippen molar-refractivity contribution in [1.29, 1.82) is 0 Å². The predicted molar refractivity (Wildman–Crippen MR) is 153 cm³/mol. The minimum atomic E-state index is -0.460. The summed E-state index contributed by atoms with van der Waals surface area (Å²) in [6.07, 6.45) is 4.85. The Balaban J connectivity index is 1.18. The Morgan fingerprint density at radius 3 is 2.59 bits per heavy atom. The maximum absolute atomic E-state index is 13.8. The lowest BCUT2D eigenvalue weighted by molar-refractivity contribution is -0.135. The summed E-state index contributed by atoms with van der Waals surface area (Å²) < 4.78 is 19.3. The van der Waals surface area contributed by atoms with Crippen LogP contribution in [0.3, 0.4) is 0 Å². The lowest BCUT2D eigenvalue weighted by Crippen LogP contribution is -2.50. The number of rotatable bonds is 10. The number of fused-ring (bicyclic) bond motifs is 3. The lowest BCUT2D eigenvalue weighted by atomic mass is 10.1. The summed E-state index contributed by atoms with van der Waals surface area (Å²) in [4.78, 5) is 27.1. The van der Waals surface area contributed by atoms with Gasteiger partial charge in [-0.3, -0.25) is 9.48 Å². The molecule has 6 rings (SSSR count). The van der Waals surface area contributed by atoms with Gasteiger partial charge in [-0.15, -0.1) is 5.10 Å². The molecule has 0 unspecified atom stereocenters. The largest absolute Gasteiger partial charge is 0.491 e. The van der Waals surface area contributed by atoms with Crippen LogP contribution in [0.4, 0.5) is 11.6 Å². The maximum atomic E-state index is 13.8. The first kappa shape index (κ1) is 26.6. The number of methoxy groups -OCH3 is 1. The van der Waals surface area contributed by atoms with E-state index < -0.39 is 6.04 Å². The third-order valence-electron chi connectivity index (χ3n) is 7.26. The second-order valence-electron chi connectivity index (χ2n) is 9.92. The van der Waals surface area contributed by atoms with E-state index in [9.17, 15) is 4.79 Å². The first-order valence-electron chi connectivity index (χ1n) is 13.8. The smallest absolute Gasteiger partial charge is 0.247 e. The summed E-state index contributed by atoms with van der Waals surface area (Å²) in [5.41, 5.74) is 8.22. The number of furan rings is 1. The van der Waals surface area contributed by atoms with Gasteiger partial charge in [-0.05, 0) is 42.8 Å². The monoisotopic (exact) mass is 559 g/mol. The Hall–Kier alpha value is -4.65. The van der Waals surface area contributed by atoms with Gasteiger partial charge in [0.05, 0.1) is 18.3 Å². The molecule has 0 spiro atoms. The van der Waals surface area contributed by atoms with E-state index in [1.54, 1.807) is 30.2 Å². The van der Waals surface area contributed by atoms with E-state index in [1.165, 1.54) is 4.52 Å². The summed E-state index contributed by atoms with van der Waals surface area (Å²) in [5, 5.41) is 9.79.